The number of hydrogen-bond acceptors (Lipinski definition) is 17. The second kappa shape index (κ2) is 14.5. The van der Waals surface area contributed by atoms with Crippen LogP contribution in [0.4, 0.5) is 5.82 Å². The van der Waals surface area contributed by atoms with Crippen molar-refractivity contribution in [3.63, 3.8) is 0 Å². The van der Waals surface area contributed by atoms with Crippen molar-refractivity contribution in [3.8, 4) is 0 Å². The highest BCUT2D eigenvalue weighted by Crippen LogP contribution is 2.60. The average Bonchev–Trinajstić information content (AvgIpc) is 3.59. The number of hydrogen-bond donors (Lipinski definition) is 7. The Kier molecular flexibility index (Phi) is 11.4. The summed E-state index contributed by atoms with van der Waals surface area (Å²) >= 11 is 0. The van der Waals surface area contributed by atoms with Crippen LogP contribution in [0.3, 0.4) is 0 Å². The van der Waals surface area contributed by atoms with Gasteiger partial charge in [0.1, 0.15) is 42.4 Å². The van der Waals surface area contributed by atoms with E-state index < -0.39 is 84.0 Å². The van der Waals surface area contributed by atoms with E-state index in [2.05, 4.69) is 23.8 Å². The predicted octanol–water partition coefficient (Wildman–Crippen LogP) is -0.761. The summed E-state index contributed by atoms with van der Waals surface area (Å²) in [6.45, 7) is 0.183. The summed E-state index contributed by atoms with van der Waals surface area (Å²) in [6, 6.07) is 0. The third-order valence-electron chi connectivity index (χ3n) is 6.82. The zero-order chi connectivity index (χ0) is 32.2. The Balaban J connectivity index is 1.29. The molecule has 0 aliphatic carbocycles. The van der Waals surface area contributed by atoms with E-state index in [1.807, 2.05) is 6.92 Å². The number of nitrogens with two attached hydrogens (primary N) is 1. The van der Waals surface area contributed by atoms with Crippen LogP contribution in [0.15, 0.2) is 12.7 Å². The van der Waals surface area contributed by atoms with Crippen molar-refractivity contribution in [2.75, 3.05) is 18.9 Å². The van der Waals surface area contributed by atoms with E-state index in [4.69, 9.17) is 24.5 Å². The fraction of sp³-hybridized carbons (Fsp3) is 0.727. The smallest absolute Gasteiger partial charge is 0.456 e. The van der Waals surface area contributed by atoms with Gasteiger partial charge in [-0.05, 0) is 6.42 Å². The lowest BCUT2D eigenvalue weighted by Crippen LogP contribution is -2.38. The quantitative estimate of drug-likeness (QED) is 0.0695. The summed E-state index contributed by atoms with van der Waals surface area (Å²) in [5.74, 6) is -0.649. The van der Waals surface area contributed by atoms with E-state index in [9.17, 15) is 44.1 Å². The van der Waals surface area contributed by atoms with Crippen LogP contribution in [0.25, 0.3) is 11.2 Å². The molecule has 0 bridgehead atoms. The van der Waals surface area contributed by atoms with Crippen LogP contribution in [0.2, 0.25) is 0 Å². The first-order valence-corrected chi connectivity index (χ1v) is 16.5. The van der Waals surface area contributed by atoms with Crippen molar-refractivity contribution < 1.29 is 71.7 Å². The van der Waals surface area contributed by atoms with Crippen molar-refractivity contribution in [2.45, 2.75) is 88.2 Å². The molecule has 0 aromatic carbocycles. The van der Waals surface area contributed by atoms with Crippen molar-refractivity contribution in [3.05, 3.63) is 12.7 Å². The highest BCUT2D eigenvalue weighted by molar-refractivity contribution is 7.61. The fourth-order valence-electron chi connectivity index (χ4n) is 4.57. The highest BCUT2D eigenvalue weighted by Gasteiger charge is 2.48. The molecule has 0 saturated carbocycles. The predicted molar refractivity (Wildman–Crippen MR) is 144 cm³/mol. The maximum absolute atomic E-state index is 12.4. The number of aliphatic hydroxyl groups is 4. The first kappa shape index (κ1) is 34.7. The van der Waals surface area contributed by atoms with Crippen LogP contribution in [-0.4, -0.2) is 112 Å². The van der Waals surface area contributed by atoms with E-state index in [1.165, 1.54) is 10.9 Å². The molecular formula is C22H35N5O15P2. The van der Waals surface area contributed by atoms with Crippen LogP contribution >= 0.6 is 15.6 Å². The summed E-state index contributed by atoms with van der Waals surface area (Å²) in [5, 5.41) is 40.8. The second-order valence-electron chi connectivity index (χ2n) is 10.1. The van der Waals surface area contributed by atoms with Crippen molar-refractivity contribution in [1.29, 1.82) is 0 Å². The second-order valence-corrected chi connectivity index (χ2v) is 13.1. The van der Waals surface area contributed by atoms with Gasteiger partial charge in [0.15, 0.2) is 30.1 Å². The first-order chi connectivity index (χ1) is 20.7. The molecule has 44 heavy (non-hydrogen) atoms. The number of anilines is 1. The first-order valence-electron chi connectivity index (χ1n) is 13.5. The molecule has 2 fully saturated rings. The average molecular weight is 671 g/mol. The zero-order valence-corrected chi connectivity index (χ0v) is 25.1. The minimum Gasteiger partial charge on any atom is -0.456 e. The molecule has 0 spiro atoms. The number of imidazole rings is 1. The van der Waals surface area contributed by atoms with E-state index in [0.717, 1.165) is 25.6 Å². The molecule has 20 nitrogen and oxygen atoms in total. The van der Waals surface area contributed by atoms with Gasteiger partial charge in [0, 0.05) is 6.42 Å². The SMILES string of the molecule is CCCCCCC(=O)O[C@@H]1[C@@H](COP(=O)(O)OP(=O)(O)OC[C@H]2O[C@@H](n3cnc4c(N)ncnc43)[C@H](O)[C@@H]2O)OC(O)[C@@H]1O. The van der Waals surface area contributed by atoms with Gasteiger partial charge < -0.3 is 50.2 Å². The number of rotatable bonds is 15. The van der Waals surface area contributed by atoms with Gasteiger partial charge in [-0.15, -0.1) is 0 Å². The van der Waals surface area contributed by atoms with E-state index in [-0.39, 0.29) is 23.4 Å². The number of unbranched alkanes of at least 4 members (excludes halogenated alkanes) is 3. The van der Waals surface area contributed by atoms with Gasteiger partial charge in [0.2, 0.25) is 0 Å². The lowest BCUT2D eigenvalue weighted by Gasteiger charge is -2.22. The molecule has 2 aromatic heterocycles. The van der Waals surface area contributed by atoms with Crippen LogP contribution in [0, 0.1) is 0 Å². The third kappa shape index (κ3) is 8.35. The molecule has 22 heteroatoms. The number of phosphoric acid groups is 2. The Hall–Kier alpha value is -2.16. The van der Waals surface area contributed by atoms with Gasteiger partial charge >= 0.3 is 21.6 Å². The van der Waals surface area contributed by atoms with Gasteiger partial charge in [0.05, 0.1) is 19.5 Å². The topological polar surface area (TPSA) is 298 Å². The van der Waals surface area contributed by atoms with Gasteiger partial charge in [-0.3, -0.25) is 18.4 Å². The maximum atomic E-state index is 12.4. The molecule has 4 heterocycles. The van der Waals surface area contributed by atoms with E-state index in [1.54, 1.807) is 0 Å². The van der Waals surface area contributed by atoms with Gasteiger partial charge in [-0.2, -0.15) is 4.31 Å². The molecule has 8 N–H and O–H groups in total. The number of carbonyl (C=O) groups excluding carboxylic acids is 1. The van der Waals surface area contributed by atoms with Gasteiger partial charge in [-0.1, -0.05) is 26.2 Å². The number of aromatic nitrogens is 4. The highest BCUT2D eigenvalue weighted by atomic mass is 31.3. The molecule has 2 aliphatic rings. The zero-order valence-electron chi connectivity index (χ0n) is 23.3. The molecule has 2 saturated heterocycles. The molecule has 3 unspecified atom stereocenters. The normalized spacial score (nSPS) is 31.6. The number of nitrogen functional groups attached to an aromatic ring is 1. The largest absolute Gasteiger partial charge is 0.481 e. The van der Waals surface area contributed by atoms with E-state index >= 15 is 0 Å². The van der Waals surface area contributed by atoms with Gasteiger partial charge in [-0.25, -0.2) is 24.1 Å². The number of fused-ring (bicyclic) bond motifs is 1. The summed E-state index contributed by atoms with van der Waals surface area (Å²) in [6.07, 6.45) is -6.81. The lowest BCUT2D eigenvalue weighted by atomic mass is 10.1. The summed E-state index contributed by atoms with van der Waals surface area (Å²) in [4.78, 5) is 44.0. The molecular weight excluding hydrogens is 636 g/mol. The molecule has 0 radical (unpaired) electrons. The molecule has 2 aliphatic heterocycles. The fourth-order valence-corrected chi connectivity index (χ4v) is 6.66. The van der Waals surface area contributed by atoms with Gasteiger partial charge in [0.25, 0.3) is 0 Å². The van der Waals surface area contributed by atoms with Crippen LogP contribution in [0.1, 0.15) is 45.3 Å². The Morgan fingerprint density at radius 1 is 0.955 bits per heavy atom. The van der Waals surface area contributed by atoms with Crippen LogP contribution in [-0.2, 0) is 41.5 Å². The number of phosphoric ester groups is 2. The Morgan fingerprint density at radius 2 is 1.64 bits per heavy atom. The Bertz CT molecular complexity index is 1380. The Morgan fingerprint density at radius 3 is 2.32 bits per heavy atom. The maximum Gasteiger partial charge on any atom is 0.481 e. The molecule has 248 valence electrons. The molecule has 10 atom stereocenters. The van der Waals surface area contributed by atoms with Crippen molar-refractivity contribution in [2.24, 2.45) is 0 Å². The summed E-state index contributed by atoms with van der Waals surface area (Å²) < 4.78 is 55.5. The summed E-state index contributed by atoms with van der Waals surface area (Å²) in [7, 11) is -10.7. The number of ether oxygens (including phenoxy) is 3. The number of aliphatic hydroxyl groups excluding tert-OH is 4. The number of nitrogens with zero attached hydrogens (tertiary/aromatic N) is 4. The molecule has 0 amide bonds. The molecule has 2 aromatic rings. The minimum atomic E-state index is -5.38. The third-order valence-corrected chi connectivity index (χ3v) is 9.42. The summed E-state index contributed by atoms with van der Waals surface area (Å²) in [5.41, 5.74) is 6.11. The van der Waals surface area contributed by atoms with Crippen molar-refractivity contribution >= 4 is 38.6 Å². The number of esters is 1. The molecule has 4 rings (SSSR count). The lowest BCUT2D eigenvalue weighted by molar-refractivity contribution is -0.156. The van der Waals surface area contributed by atoms with E-state index in [0.29, 0.717) is 6.42 Å². The van der Waals surface area contributed by atoms with Crippen LogP contribution in [0.5, 0.6) is 0 Å². The monoisotopic (exact) mass is 671 g/mol. The minimum absolute atomic E-state index is 0.0264. The Labute approximate surface area is 249 Å². The van der Waals surface area contributed by atoms with Crippen molar-refractivity contribution in [1.82, 2.24) is 19.5 Å². The standard InChI is InChI=1S/C22H35N5O15P2/c1-2-3-4-5-6-13(28)41-18-12(40-22(32)17(18)31)8-38-44(35,36)42-43(33,34)37-7-11-15(29)16(30)21(39-11)27-10-26-14-19(23)24-9-25-20(14)27/h9-12,15-18,21-22,29-32H,2-8H2,1H3,(H,33,34)(H,35,36)(H2,23,24,25)/t11-,12-,15-,16-,17-,18-,21-,22?/m1/s1. The van der Waals surface area contributed by atoms with Crippen LogP contribution < -0.4 is 5.73 Å². The number of carbonyl (C=O) groups is 1.